The zero-order valence-electron chi connectivity index (χ0n) is 12.3. The summed E-state index contributed by atoms with van der Waals surface area (Å²) >= 11 is 6.09. The number of hydrogen-bond acceptors (Lipinski definition) is 2. The van der Waals surface area contributed by atoms with Crippen LogP contribution in [0, 0.1) is 12.8 Å². The lowest BCUT2D eigenvalue weighted by molar-refractivity contribution is -0.0880. The summed E-state index contributed by atoms with van der Waals surface area (Å²) < 4.78 is 6.06. The highest BCUT2D eigenvalue weighted by Gasteiger charge is 2.49. The van der Waals surface area contributed by atoms with Gasteiger partial charge in [0.25, 0.3) is 0 Å². The highest BCUT2D eigenvalue weighted by Crippen LogP contribution is 2.47. The summed E-state index contributed by atoms with van der Waals surface area (Å²) in [7, 11) is 0. The zero-order chi connectivity index (χ0) is 14.4. The van der Waals surface area contributed by atoms with Crippen molar-refractivity contribution in [2.24, 2.45) is 5.92 Å². The topological polar surface area (TPSA) is 29.5 Å². The van der Waals surface area contributed by atoms with Gasteiger partial charge < -0.3 is 9.84 Å². The van der Waals surface area contributed by atoms with E-state index in [1.807, 2.05) is 39.0 Å². The van der Waals surface area contributed by atoms with Crippen molar-refractivity contribution in [2.45, 2.75) is 58.3 Å². The van der Waals surface area contributed by atoms with Crippen molar-refractivity contribution in [3.05, 3.63) is 34.3 Å². The van der Waals surface area contributed by atoms with Gasteiger partial charge in [0.1, 0.15) is 0 Å². The van der Waals surface area contributed by atoms with Gasteiger partial charge >= 0.3 is 0 Å². The van der Waals surface area contributed by atoms with Crippen LogP contribution < -0.4 is 0 Å². The van der Waals surface area contributed by atoms with Gasteiger partial charge in [-0.3, -0.25) is 0 Å². The predicted molar refractivity (Wildman–Crippen MR) is 78.5 cm³/mol. The van der Waals surface area contributed by atoms with Crippen LogP contribution >= 0.6 is 11.6 Å². The van der Waals surface area contributed by atoms with Crippen LogP contribution in [0.2, 0.25) is 5.02 Å². The summed E-state index contributed by atoms with van der Waals surface area (Å²) in [5, 5.41) is 11.4. The largest absolute Gasteiger partial charge is 0.388 e. The second kappa shape index (κ2) is 4.76. The quantitative estimate of drug-likeness (QED) is 0.877. The van der Waals surface area contributed by atoms with Crippen LogP contribution in [0.1, 0.15) is 51.3 Å². The van der Waals surface area contributed by atoms with Gasteiger partial charge in [-0.25, -0.2) is 0 Å². The van der Waals surface area contributed by atoms with Crippen LogP contribution in [0.4, 0.5) is 0 Å². The fraction of sp³-hybridized carbons (Fsp3) is 0.625. The molecular formula is C16H23ClO2. The van der Waals surface area contributed by atoms with E-state index in [0.29, 0.717) is 5.02 Å². The molecule has 2 nitrogen and oxygen atoms in total. The molecule has 0 amide bonds. The fourth-order valence-electron chi connectivity index (χ4n) is 3.26. The van der Waals surface area contributed by atoms with E-state index in [0.717, 1.165) is 17.5 Å². The molecule has 1 heterocycles. The number of aryl methyl sites for hydroxylation is 1. The van der Waals surface area contributed by atoms with E-state index < -0.39 is 6.10 Å². The molecule has 0 aliphatic carbocycles. The van der Waals surface area contributed by atoms with Crippen molar-refractivity contribution in [2.75, 3.05) is 0 Å². The lowest BCUT2D eigenvalue weighted by atomic mass is 9.80. The first-order valence-corrected chi connectivity index (χ1v) is 7.14. The Hall–Kier alpha value is -0.570. The van der Waals surface area contributed by atoms with Gasteiger partial charge in [0, 0.05) is 10.9 Å². The Morgan fingerprint density at radius 3 is 2.37 bits per heavy atom. The van der Waals surface area contributed by atoms with Crippen molar-refractivity contribution in [3.63, 3.8) is 0 Å². The maximum atomic E-state index is 10.7. The molecular weight excluding hydrogens is 260 g/mol. The van der Waals surface area contributed by atoms with Crippen LogP contribution in [-0.4, -0.2) is 16.3 Å². The van der Waals surface area contributed by atoms with E-state index in [1.165, 1.54) is 0 Å². The van der Waals surface area contributed by atoms with Crippen LogP contribution in [0.5, 0.6) is 0 Å². The van der Waals surface area contributed by atoms with Gasteiger partial charge in [0.2, 0.25) is 0 Å². The minimum atomic E-state index is -0.547. The van der Waals surface area contributed by atoms with Crippen molar-refractivity contribution in [3.8, 4) is 0 Å². The lowest BCUT2D eigenvalue weighted by Crippen LogP contribution is -2.32. The molecule has 1 aromatic carbocycles. The van der Waals surface area contributed by atoms with E-state index >= 15 is 0 Å². The zero-order valence-corrected chi connectivity index (χ0v) is 13.1. The second-order valence-corrected chi connectivity index (χ2v) is 7.22. The van der Waals surface area contributed by atoms with Crippen LogP contribution in [0.15, 0.2) is 18.2 Å². The molecule has 2 unspecified atom stereocenters. The molecule has 3 heteroatoms. The lowest BCUT2D eigenvalue weighted by Gasteiger charge is -2.30. The van der Waals surface area contributed by atoms with Crippen molar-refractivity contribution in [1.82, 2.24) is 0 Å². The molecule has 1 aromatic rings. The van der Waals surface area contributed by atoms with Gasteiger partial charge in [0.05, 0.1) is 17.3 Å². The SMILES string of the molecule is Cc1cc(Cl)cc(C(O)C2CC(C)(C)OC2(C)C)c1. The third kappa shape index (κ3) is 3.13. The smallest absolute Gasteiger partial charge is 0.0847 e. The summed E-state index contributed by atoms with van der Waals surface area (Å²) in [6.45, 7) is 10.2. The number of aliphatic hydroxyl groups excluding tert-OH is 1. The van der Waals surface area contributed by atoms with E-state index in [4.69, 9.17) is 16.3 Å². The van der Waals surface area contributed by atoms with Crippen molar-refractivity contribution < 1.29 is 9.84 Å². The molecule has 1 aliphatic heterocycles. The molecule has 106 valence electrons. The van der Waals surface area contributed by atoms with Gasteiger partial charge in [-0.05, 0) is 64.3 Å². The first-order valence-electron chi connectivity index (χ1n) is 6.76. The molecule has 1 saturated heterocycles. The van der Waals surface area contributed by atoms with Crippen molar-refractivity contribution in [1.29, 1.82) is 0 Å². The van der Waals surface area contributed by atoms with Crippen LogP contribution in [0.25, 0.3) is 0 Å². The molecule has 0 aromatic heterocycles. The average molecular weight is 283 g/mol. The normalized spacial score (nSPS) is 26.4. The number of ether oxygens (including phenoxy) is 1. The highest BCUT2D eigenvalue weighted by atomic mass is 35.5. The maximum Gasteiger partial charge on any atom is 0.0847 e. The second-order valence-electron chi connectivity index (χ2n) is 6.78. The van der Waals surface area contributed by atoms with Gasteiger partial charge in [-0.15, -0.1) is 0 Å². The van der Waals surface area contributed by atoms with E-state index in [-0.39, 0.29) is 17.1 Å². The molecule has 2 atom stereocenters. The predicted octanol–water partition coefficient (Wildman–Crippen LogP) is 4.28. The molecule has 0 bridgehead atoms. The van der Waals surface area contributed by atoms with Crippen molar-refractivity contribution >= 4 is 11.6 Å². The summed E-state index contributed by atoms with van der Waals surface area (Å²) in [4.78, 5) is 0. The summed E-state index contributed by atoms with van der Waals surface area (Å²) in [5.74, 6) is 0.0698. The molecule has 2 rings (SSSR count). The first-order chi connectivity index (χ1) is 8.61. The Bertz CT molecular complexity index is 459. The highest BCUT2D eigenvalue weighted by molar-refractivity contribution is 6.30. The van der Waals surface area contributed by atoms with Gasteiger partial charge in [-0.2, -0.15) is 0 Å². The number of hydrogen-bond donors (Lipinski definition) is 1. The third-order valence-corrected chi connectivity index (χ3v) is 4.15. The minimum Gasteiger partial charge on any atom is -0.388 e. The third-order valence-electron chi connectivity index (χ3n) is 3.93. The Morgan fingerprint density at radius 2 is 1.89 bits per heavy atom. The molecule has 0 spiro atoms. The average Bonchev–Trinajstić information content (AvgIpc) is 2.44. The molecule has 1 fully saturated rings. The Morgan fingerprint density at radius 1 is 1.26 bits per heavy atom. The molecule has 1 aliphatic rings. The summed E-state index contributed by atoms with van der Waals surface area (Å²) in [6.07, 6.45) is 0.293. The summed E-state index contributed by atoms with van der Waals surface area (Å²) in [6, 6.07) is 5.75. The standard InChI is InChI=1S/C16H23ClO2/c1-10-6-11(8-12(17)7-10)14(18)13-9-15(2,3)19-16(13,4)5/h6-8,13-14,18H,9H2,1-5H3. The van der Waals surface area contributed by atoms with E-state index in [1.54, 1.807) is 0 Å². The fourth-order valence-corrected chi connectivity index (χ4v) is 3.56. The maximum absolute atomic E-state index is 10.7. The molecule has 0 radical (unpaired) electrons. The number of aliphatic hydroxyl groups is 1. The monoisotopic (exact) mass is 282 g/mol. The molecule has 1 N–H and O–H groups in total. The number of halogens is 1. The van der Waals surface area contributed by atoms with Gasteiger partial charge in [-0.1, -0.05) is 17.7 Å². The van der Waals surface area contributed by atoms with Crippen LogP contribution in [0.3, 0.4) is 0 Å². The number of rotatable bonds is 2. The van der Waals surface area contributed by atoms with E-state index in [2.05, 4.69) is 13.8 Å². The van der Waals surface area contributed by atoms with E-state index in [9.17, 15) is 5.11 Å². The minimum absolute atomic E-state index is 0.0698. The van der Waals surface area contributed by atoms with Crippen LogP contribution in [-0.2, 0) is 4.74 Å². The Balaban J connectivity index is 2.31. The Kier molecular flexibility index (Phi) is 3.72. The van der Waals surface area contributed by atoms with Gasteiger partial charge in [0.15, 0.2) is 0 Å². The molecule has 0 saturated carbocycles. The Labute approximate surface area is 120 Å². The molecule has 19 heavy (non-hydrogen) atoms. The number of benzene rings is 1. The first kappa shape index (κ1) is 14.8. The summed E-state index contributed by atoms with van der Waals surface area (Å²) in [5.41, 5.74) is 1.42.